The predicted molar refractivity (Wildman–Crippen MR) is 91.0 cm³/mol. The number of rotatable bonds is 3. The summed E-state index contributed by atoms with van der Waals surface area (Å²) in [5.41, 5.74) is 2.94. The summed E-state index contributed by atoms with van der Waals surface area (Å²) in [5.74, 6) is -1.53. The van der Waals surface area contributed by atoms with Crippen molar-refractivity contribution in [2.75, 3.05) is 5.32 Å². The Balaban J connectivity index is 1.99. The van der Waals surface area contributed by atoms with E-state index in [2.05, 4.69) is 10.3 Å². The number of imidazole rings is 1. The first-order chi connectivity index (χ1) is 11.4. The zero-order valence-corrected chi connectivity index (χ0v) is 13.8. The summed E-state index contributed by atoms with van der Waals surface area (Å²) in [7, 11) is 0. The predicted octanol–water partition coefficient (Wildman–Crippen LogP) is 3.56. The van der Waals surface area contributed by atoms with Crippen molar-refractivity contribution < 1.29 is 14.7 Å². The fourth-order valence-corrected chi connectivity index (χ4v) is 2.75. The van der Waals surface area contributed by atoms with Gasteiger partial charge in [0.25, 0.3) is 5.91 Å². The fourth-order valence-electron chi connectivity index (χ4n) is 2.55. The lowest BCUT2D eigenvalue weighted by Crippen LogP contribution is -2.16. The molecule has 2 N–H and O–H groups in total. The second-order valence-corrected chi connectivity index (χ2v) is 5.79. The number of carbonyl (C=O) groups excluding carboxylic acids is 1. The van der Waals surface area contributed by atoms with Gasteiger partial charge in [-0.25, -0.2) is 9.78 Å². The Hall–Kier alpha value is -2.86. The Morgan fingerprint density at radius 1 is 1.25 bits per heavy atom. The third-order valence-electron chi connectivity index (χ3n) is 3.69. The molecular weight excluding hydrogens is 330 g/mol. The first-order valence-electron chi connectivity index (χ1n) is 7.17. The summed E-state index contributed by atoms with van der Waals surface area (Å²) in [6.45, 7) is 3.67. The van der Waals surface area contributed by atoms with Gasteiger partial charge in [0.15, 0.2) is 0 Å². The van der Waals surface area contributed by atoms with Crippen LogP contribution in [0.2, 0.25) is 5.02 Å². The smallest absolute Gasteiger partial charge is 0.337 e. The molecule has 0 saturated carbocycles. The molecule has 0 aliphatic carbocycles. The van der Waals surface area contributed by atoms with Crippen LogP contribution >= 0.6 is 11.6 Å². The standard InChI is InChI=1S/C17H14ClN3O3/c1-9-4-3-7-21-14(10(2)19-15(9)21)16(22)20-11-5-6-13(18)12(8-11)17(23)24/h3-8H,1-2H3,(H,20,22)(H,23,24). The number of hydrogen-bond acceptors (Lipinski definition) is 3. The normalized spacial score (nSPS) is 10.8. The van der Waals surface area contributed by atoms with Crippen LogP contribution in [0.1, 0.15) is 32.1 Å². The van der Waals surface area contributed by atoms with Crippen molar-refractivity contribution in [3.05, 3.63) is 64.1 Å². The van der Waals surface area contributed by atoms with Crippen molar-refractivity contribution in [2.45, 2.75) is 13.8 Å². The van der Waals surface area contributed by atoms with Crippen LogP contribution in [0.4, 0.5) is 5.69 Å². The highest BCUT2D eigenvalue weighted by Crippen LogP contribution is 2.22. The van der Waals surface area contributed by atoms with E-state index in [9.17, 15) is 9.59 Å². The van der Waals surface area contributed by atoms with E-state index in [0.29, 0.717) is 22.7 Å². The lowest BCUT2D eigenvalue weighted by molar-refractivity contribution is 0.0696. The van der Waals surface area contributed by atoms with Crippen LogP contribution in [0.15, 0.2) is 36.5 Å². The molecule has 0 bridgehead atoms. The zero-order chi connectivity index (χ0) is 17.4. The number of anilines is 1. The first kappa shape index (κ1) is 16.0. The first-order valence-corrected chi connectivity index (χ1v) is 7.54. The number of amides is 1. The minimum atomic E-state index is -1.15. The molecular formula is C17H14ClN3O3. The molecule has 2 aromatic heterocycles. The molecule has 1 amide bonds. The molecule has 0 radical (unpaired) electrons. The van der Waals surface area contributed by atoms with Gasteiger partial charge in [0.2, 0.25) is 0 Å². The van der Waals surface area contributed by atoms with Crippen molar-refractivity contribution >= 4 is 34.8 Å². The molecule has 2 heterocycles. The number of pyridine rings is 1. The maximum Gasteiger partial charge on any atom is 0.337 e. The van der Waals surface area contributed by atoms with Gasteiger partial charge in [-0.15, -0.1) is 0 Å². The van der Waals surface area contributed by atoms with Gasteiger partial charge in [0.1, 0.15) is 11.3 Å². The van der Waals surface area contributed by atoms with E-state index in [1.165, 1.54) is 12.1 Å². The Labute approximate surface area is 142 Å². The van der Waals surface area contributed by atoms with E-state index in [1.54, 1.807) is 23.6 Å². The van der Waals surface area contributed by atoms with Crippen molar-refractivity contribution in [3.63, 3.8) is 0 Å². The number of carbonyl (C=O) groups is 2. The van der Waals surface area contributed by atoms with Gasteiger partial charge in [-0.3, -0.25) is 9.20 Å². The summed E-state index contributed by atoms with van der Waals surface area (Å²) >= 11 is 5.84. The molecule has 0 spiro atoms. The Morgan fingerprint density at radius 2 is 2.00 bits per heavy atom. The minimum absolute atomic E-state index is 0.0693. The molecule has 0 aliphatic heterocycles. The Bertz CT molecular complexity index is 979. The third kappa shape index (κ3) is 2.72. The lowest BCUT2D eigenvalue weighted by Gasteiger charge is -2.08. The van der Waals surface area contributed by atoms with Crippen LogP contribution in [0, 0.1) is 13.8 Å². The average Bonchev–Trinajstić information content (AvgIpc) is 2.86. The summed E-state index contributed by atoms with van der Waals surface area (Å²) < 4.78 is 1.72. The van der Waals surface area contributed by atoms with E-state index in [1.807, 2.05) is 19.1 Å². The van der Waals surface area contributed by atoms with Crippen LogP contribution in [-0.4, -0.2) is 26.4 Å². The van der Waals surface area contributed by atoms with E-state index in [4.69, 9.17) is 16.7 Å². The molecule has 122 valence electrons. The highest BCUT2D eigenvalue weighted by atomic mass is 35.5. The van der Waals surface area contributed by atoms with Crippen LogP contribution in [0.3, 0.4) is 0 Å². The minimum Gasteiger partial charge on any atom is -0.478 e. The second-order valence-electron chi connectivity index (χ2n) is 5.38. The molecule has 6 nitrogen and oxygen atoms in total. The maximum absolute atomic E-state index is 12.6. The van der Waals surface area contributed by atoms with Gasteiger partial charge in [-0.2, -0.15) is 0 Å². The number of carboxylic acid groups (broad SMARTS) is 1. The average molecular weight is 344 g/mol. The van der Waals surface area contributed by atoms with Crippen molar-refractivity contribution in [2.24, 2.45) is 0 Å². The molecule has 7 heteroatoms. The van der Waals surface area contributed by atoms with E-state index in [0.717, 1.165) is 5.56 Å². The van der Waals surface area contributed by atoms with Gasteiger partial charge in [-0.05, 0) is 43.7 Å². The summed E-state index contributed by atoms with van der Waals surface area (Å²) in [5, 5.41) is 11.9. The lowest BCUT2D eigenvalue weighted by atomic mass is 10.2. The van der Waals surface area contributed by atoms with Gasteiger partial charge >= 0.3 is 5.97 Å². The van der Waals surface area contributed by atoms with Gasteiger partial charge in [-0.1, -0.05) is 17.7 Å². The Morgan fingerprint density at radius 3 is 2.71 bits per heavy atom. The molecule has 0 aliphatic rings. The highest BCUT2D eigenvalue weighted by molar-refractivity contribution is 6.33. The number of aromatic carboxylic acids is 1. The van der Waals surface area contributed by atoms with Gasteiger partial charge in [0.05, 0.1) is 16.3 Å². The number of fused-ring (bicyclic) bond motifs is 1. The van der Waals surface area contributed by atoms with Crippen LogP contribution in [-0.2, 0) is 0 Å². The number of nitrogens with one attached hydrogen (secondary N) is 1. The Kier molecular flexibility index (Phi) is 3.99. The molecule has 0 saturated heterocycles. The number of nitrogens with zero attached hydrogens (tertiary/aromatic N) is 2. The molecule has 3 aromatic rings. The number of benzene rings is 1. The van der Waals surface area contributed by atoms with Crippen LogP contribution in [0.25, 0.3) is 5.65 Å². The van der Waals surface area contributed by atoms with Crippen LogP contribution < -0.4 is 5.32 Å². The topological polar surface area (TPSA) is 83.7 Å². The molecule has 24 heavy (non-hydrogen) atoms. The molecule has 0 unspecified atom stereocenters. The molecule has 3 rings (SSSR count). The molecule has 0 fully saturated rings. The van der Waals surface area contributed by atoms with Crippen LogP contribution in [0.5, 0.6) is 0 Å². The summed E-state index contributed by atoms with van der Waals surface area (Å²) in [4.78, 5) is 28.2. The van der Waals surface area contributed by atoms with E-state index < -0.39 is 5.97 Å². The monoisotopic (exact) mass is 343 g/mol. The molecule has 1 aromatic carbocycles. The fraction of sp³-hybridized carbons (Fsp3) is 0.118. The number of aromatic nitrogens is 2. The number of carboxylic acids is 1. The maximum atomic E-state index is 12.6. The van der Waals surface area contributed by atoms with Crippen molar-refractivity contribution in [1.82, 2.24) is 9.38 Å². The number of aryl methyl sites for hydroxylation is 2. The summed E-state index contributed by atoms with van der Waals surface area (Å²) in [6.07, 6.45) is 1.77. The third-order valence-corrected chi connectivity index (χ3v) is 4.02. The number of halogens is 1. The summed E-state index contributed by atoms with van der Waals surface area (Å²) in [6, 6.07) is 8.07. The quantitative estimate of drug-likeness (QED) is 0.761. The van der Waals surface area contributed by atoms with Gasteiger partial charge in [0, 0.05) is 11.9 Å². The zero-order valence-electron chi connectivity index (χ0n) is 13.0. The van der Waals surface area contributed by atoms with E-state index in [-0.39, 0.29) is 16.5 Å². The highest BCUT2D eigenvalue weighted by Gasteiger charge is 2.18. The van der Waals surface area contributed by atoms with Crippen molar-refractivity contribution in [3.8, 4) is 0 Å². The number of hydrogen-bond donors (Lipinski definition) is 2. The largest absolute Gasteiger partial charge is 0.478 e. The van der Waals surface area contributed by atoms with Crippen molar-refractivity contribution in [1.29, 1.82) is 0 Å². The SMILES string of the molecule is Cc1nc2c(C)cccn2c1C(=O)Nc1ccc(Cl)c(C(=O)O)c1. The van der Waals surface area contributed by atoms with E-state index >= 15 is 0 Å². The molecule has 0 atom stereocenters. The van der Waals surface area contributed by atoms with Gasteiger partial charge < -0.3 is 10.4 Å². The second kappa shape index (κ2) is 5.98.